The normalized spacial score (nSPS) is 16.8. The van der Waals surface area contributed by atoms with E-state index in [4.69, 9.17) is 13.9 Å². The summed E-state index contributed by atoms with van der Waals surface area (Å²) in [5.74, 6) is 6.66. The van der Waals surface area contributed by atoms with Gasteiger partial charge in [0.1, 0.15) is 0 Å². The summed E-state index contributed by atoms with van der Waals surface area (Å²) in [5.41, 5.74) is 0. The van der Waals surface area contributed by atoms with Gasteiger partial charge in [-0.1, -0.05) is 81.4 Å². The third-order valence-corrected chi connectivity index (χ3v) is 11.3. The first kappa shape index (κ1) is 25.7. The van der Waals surface area contributed by atoms with Crippen LogP contribution in [0.25, 0.3) is 0 Å². The molecule has 4 heteroatoms. The zero-order chi connectivity index (χ0) is 23.4. The van der Waals surface area contributed by atoms with Crippen LogP contribution < -0.4 is 10.4 Å². The van der Waals surface area contributed by atoms with Gasteiger partial charge in [-0.25, -0.2) is 0 Å². The van der Waals surface area contributed by atoms with E-state index in [-0.39, 0.29) is 11.3 Å². The van der Waals surface area contributed by atoms with Crippen LogP contribution in [0.5, 0.6) is 0 Å². The Balaban J connectivity index is 1.52. The van der Waals surface area contributed by atoms with Crippen molar-refractivity contribution in [2.45, 2.75) is 77.0 Å². The van der Waals surface area contributed by atoms with Crippen LogP contribution in [0.2, 0.25) is 5.04 Å². The molecule has 0 N–H and O–H groups in total. The van der Waals surface area contributed by atoms with E-state index in [0.29, 0.717) is 6.61 Å². The molecule has 3 rings (SSSR count). The highest BCUT2D eigenvalue weighted by molar-refractivity contribution is 6.99. The molecular formula is C29H40O3Si. The van der Waals surface area contributed by atoms with Crippen LogP contribution >= 0.6 is 0 Å². The molecule has 178 valence electrons. The van der Waals surface area contributed by atoms with Crippen LogP contribution in [-0.2, 0) is 13.9 Å². The Labute approximate surface area is 202 Å². The fourth-order valence-electron chi connectivity index (χ4n) is 4.57. The number of benzene rings is 2. The SMILES string of the molecule is CC(C)(C)[Si](OCCC#CCCCCOC1CCCCO1)(c1ccccc1)c1ccccc1. The number of unbranched alkanes of at least 4 members (excludes halogenated alkanes) is 2. The van der Waals surface area contributed by atoms with Crippen molar-refractivity contribution in [3.05, 3.63) is 60.7 Å². The lowest BCUT2D eigenvalue weighted by atomic mass is 10.2. The van der Waals surface area contributed by atoms with E-state index in [0.717, 1.165) is 51.7 Å². The van der Waals surface area contributed by atoms with Gasteiger partial charge in [-0.15, -0.1) is 11.8 Å². The van der Waals surface area contributed by atoms with Crippen molar-refractivity contribution in [2.75, 3.05) is 19.8 Å². The lowest BCUT2D eigenvalue weighted by Crippen LogP contribution is -2.66. The molecule has 0 bridgehead atoms. The van der Waals surface area contributed by atoms with Crippen LogP contribution in [0.15, 0.2) is 60.7 Å². The Hall–Kier alpha value is -1.90. The minimum atomic E-state index is -2.45. The molecule has 0 amide bonds. The van der Waals surface area contributed by atoms with Crippen molar-refractivity contribution in [2.24, 2.45) is 0 Å². The van der Waals surface area contributed by atoms with Crippen LogP contribution in [-0.4, -0.2) is 34.4 Å². The van der Waals surface area contributed by atoms with E-state index in [1.807, 2.05) is 0 Å². The lowest BCUT2D eigenvalue weighted by molar-refractivity contribution is -0.162. The molecule has 0 spiro atoms. The molecule has 1 heterocycles. The summed E-state index contributed by atoms with van der Waals surface area (Å²) in [6.07, 6.45) is 7.20. The van der Waals surface area contributed by atoms with E-state index >= 15 is 0 Å². The van der Waals surface area contributed by atoms with E-state index in [1.165, 1.54) is 16.8 Å². The van der Waals surface area contributed by atoms with Crippen molar-refractivity contribution >= 4 is 18.7 Å². The molecule has 1 saturated heterocycles. The maximum absolute atomic E-state index is 6.88. The largest absolute Gasteiger partial charge is 0.406 e. The molecule has 0 radical (unpaired) electrons. The maximum Gasteiger partial charge on any atom is 0.261 e. The Morgan fingerprint density at radius 3 is 2.06 bits per heavy atom. The first-order valence-corrected chi connectivity index (χ1v) is 14.4. The van der Waals surface area contributed by atoms with Crippen LogP contribution in [0.3, 0.4) is 0 Å². The van der Waals surface area contributed by atoms with Crippen molar-refractivity contribution in [3.8, 4) is 11.8 Å². The summed E-state index contributed by atoms with van der Waals surface area (Å²) in [6.45, 7) is 9.19. The second kappa shape index (κ2) is 13.1. The summed E-state index contributed by atoms with van der Waals surface area (Å²) in [5, 5.41) is 2.64. The molecule has 2 aromatic rings. The van der Waals surface area contributed by atoms with Crippen LogP contribution in [0, 0.1) is 11.8 Å². The zero-order valence-electron chi connectivity index (χ0n) is 20.6. The Morgan fingerprint density at radius 1 is 0.848 bits per heavy atom. The standard InChI is InChI=1S/C29H40O3Si/c1-29(2,3)33(26-18-10-8-11-19-26,27-20-12-9-13-21-27)32-25-16-7-5-4-6-15-23-30-28-22-14-17-24-31-28/h8-13,18-21,28H,4,6,14-17,22-25H2,1-3H3. The second-order valence-corrected chi connectivity index (χ2v) is 14.0. The summed E-state index contributed by atoms with van der Waals surface area (Å²) in [6, 6.07) is 21.6. The van der Waals surface area contributed by atoms with Crippen molar-refractivity contribution in [1.82, 2.24) is 0 Å². The third kappa shape index (κ3) is 7.29. The van der Waals surface area contributed by atoms with E-state index in [9.17, 15) is 0 Å². The quantitative estimate of drug-likeness (QED) is 0.258. The van der Waals surface area contributed by atoms with Gasteiger partial charge in [0.2, 0.25) is 0 Å². The second-order valence-electron chi connectivity index (χ2n) is 9.74. The highest BCUT2D eigenvalue weighted by atomic mass is 28.4. The summed E-state index contributed by atoms with van der Waals surface area (Å²) < 4.78 is 18.3. The summed E-state index contributed by atoms with van der Waals surface area (Å²) in [7, 11) is -2.45. The molecule has 3 nitrogen and oxygen atoms in total. The average molecular weight is 465 g/mol. The number of ether oxygens (including phenoxy) is 2. The average Bonchev–Trinajstić information content (AvgIpc) is 2.84. The van der Waals surface area contributed by atoms with Crippen molar-refractivity contribution in [3.63, 3.8) is 0 Å². The van der Waals surface area contributed by atoms with Crippen LogP contribution in [0.1, 0.15) is 65.7 Å². The molecular weight excluding hydrogens is 424 g/mol. The van der Waals surface area contributed by atoms with Gasteiger partial charge in [0, 0.05) is 32.7 Å². The zero-order valence-corrected chi connectivity index (χ0v) is 21.6. The Bertz CT molecular complexity index is 819. The predicted octanol–water partition coefficient (Wildman–Crippen LogP) is 5.67. The Kier molecular flexibility index (Phi) is 10.2. The van der Waals surface area contributed by atoms with Crippen LogP contribution in [0.4, 0.5) is 0 Å². The van der Waals surface area contributed by atoms with Crippen molar-refractivity contribution < 1.29 is 13.9 Å². The van der Waals surface area contributed by atoms with Gasteiger partial charge in [-0.05, 0) is 47.5 Å². The van der Waals surface area contributed by atoms with Crippen molar-refractivity contribution in [1.29, 1.82) is 0 Å². The topological polar surface area (TPSA) is 27.7 Å². The summed E-state index contributed by atoms with van der Waals surface area (Å²) >= 11 is 0. The van der Waals surface area contributed by atoms with Gasteiger partial charge in [-0.2, -0.15) is 0 Å². The third-order valence-electron chi connectivity index (χ3n) is 6.23. The van der Waals surface area contributed by atoms with Gasteiger partial charge in [0.15, 0.2) is 6.29 Å². The lowest BCUT2D eigenvalue weighted by Gasteiger charge is -2.43. The predicted molar refractivity (Wildman–Crippen MR) is 139 cm³/mol. The fraction of sp³-hybridized carbons (Fsp3) is 0.517. The molecule has 33 heavy (non-hydrogen) atoms. The van der Waals surface area contributed by atoms with Gasteiger partial charge in [0.25, 0.3) is 8.32 Å². The molecule has 1 aliphatic heterocycles. The van der Waals surface area contributed by atoms with Gasteiger partial charge >= 0.3 is 0 Å². The monoisotopic (exact) mass is 464 g/mol. The highest BCUT2D eigenvalue weighted by Gasteiger charge is 2.49. The molecule has 0 saturated carbocycles. The highest BCUT2D eigenvalue weighted by Crippen LogP contribution is 2.36. The molecule has 0 aromatic heterocycles. The number of hydrogen-bond donors (Lipinski definition) is 0. The van der Waals surface area contributed by atoms with E-state index in [1.54, 1.807) is 0 Å². The molecule has 1 fully saturated rings. The van der Waals surface area contributed by atoms with E-state index < -0.39 is 8.32 Å². The fourth-order valence-corrected chi connectivity index (χ4v) is 9.13. The Morgan fingerprint density at radius 2 is 1.48 bits per heavy atom. The summed E-state index contributed by atoms with van der Waals surface area (Å²) in [4.78, 5) is 0. The minimum absolute atomic E-state index is 0.00514. The molecule has 0 aliphatic carbocycles. The minimum Gasteiger partial charge on any atom is -0.406 e. The smallest absolute Gasteiger partial charge is 0.261 e. The van der Waals surface area contributed by atoms with Gasteiger partial charge in [-0.3, -0.25) is 0 Å². The molecule has 2 aromatic carbocycles. The first-order chi connectivity index (χ1) is 16.0. The molecule has 1 aliphatic rings. The first-order valence-electron chi connectivity index (χ1n) is 12.5. The van der Waals surface area contributed by atoms with Gasteiger partial charge < -0.3 is 13.9 Å². The number of rotatable bonds is 10. The molecule has 1 atom stereocenters. The maximum atomic E-state index is 6.88. The molecule has 1 unspecified atom stereocenters. The van der Waals surface area contributed by atoms with Gasteiger partial charge in [0.05, 0.1) is 0 Å². The number of hydrogen-bond acceptors (Lipinski definition) is 3. The van der Waals surface area contributed by atoms with E-state index in [2.05, 4.69) is 93.3 Å².